The number of carbonyl (C=O) groups is 1. The third-order valence-corrected chi connectivity index (χ3v) is 9.36. The van der Waals surface area contributed by atoms with E-state index in [-0.39, 0.29) is 22.8 Å². The zero-order chi connectivity index (χ0) is 27.0. The molecular formula is C29H34N2O5S2. The zero-order valence-corrected chi connectivity index (χ0v) is 23.4. The third kappa shape index (κ3) is 6.51. The monoisotopic (exact) mass is 554 g/mol. The van der Waals surface area contributed by atoms with E-state index in [9.17, 15) is 13.2 Å². The second kappa shape index (κ2) is 12.7. The van der Waals surface area contributed by atoms with Crippen molar-refractivity contribution in [2.24, 2.45) is 0 Å². The first-order valence-corrected chi connectivity index (χ1v) is 15.3. The Bertz CT molecular complexity index is 1290. The maximum Gasteiger partial charge on any atom is 0.264 e. The van der Waals surface area contributed by atoms with Gasteiger partial charge in [0, 0.05) is 30.1 Å². The number of hydrogen-bond donors (Lipinski definition) is 1. The topological polar surface area (TPSA) is 84.9 Å². The maximum atomic E-state index is 13.8. The van der Waals surface area contributed by atoms with Gasteiger partial charge in [0.1, 0.15) is 12.3 Å². The molecule has 0 bridgehead atoms. The lowest BCUT2D eigenvalue weighted by molar-refractivity contribution is -0.120. The number of sulfonamides is 1. The maximum absolute atomic E-state index is 13.8. The number of thioether (sulfide) groups is 1. The first-order chi connectivity index (χ1) is 18.4. The van der Waals surface area contributed by atoms with Gasteiger partial charge < -0.3 is 14.8 Å². The van der Waals surface area contributed by atoms with Gasteiger partial charge in [-0.05, 0) is 80.1 Å². The highest BCUT2D eigenvalue weighted by Crippen LogP contribution is 2.34. The summed E-state index contributed by atoms with van der Waals surface area (Å²) >= 11 is 1.53. The van der Waals surface area contributed by atoms with Gasteiger partial charge in [-0.15, -0.1) is 11.8 Å². The van der Waals surface area contributed by atoms with E-state index in [4.69, 9.17) is 9.47 Å². The Labute approximate surface area is 229 Å². The molecule has 1 saturated heterocycles. The minimum Gasteiger partial charge on any atom is -0.494 e. The van der Waals surface area contributed by atoms with Crippen LogP contribution in [0.3, 0.4) is 0 Å². The molecule has 1 amide bonds. The molecule has 1 aliphatic rings. The lowest BCUT2D eigenvalue weighted by atomic mass is 9.74. The summed E-state index contributed by atoms with van der Waals surface area (Å²) in [4.78, 5) is 14.4. The highest BCUT2D eigenvalue weighted by Gasteiger charge is 2.35. The number of rotatable bonds is 11. The quantitative estimate of drug-likeness (QED) is 0.341. The number of nitrogens with zero attached hydrogens (tertiary/aromatic N) is 1. The Balaban J connectivity index is 1.58. The van der Waals surface area contributed by atoms with Crippen LogP contribution < -0.4 is 14.4 Å². The minimum atomic E-state index is -4.01. The van der Waals surface area contributed by atoms with Gasteiger partial charge in [0.15, 0.2) is 0 Å². The van der Waals surface area contributed by atoms with Crippen LogP contribution in [0.25, 0.3) is 0 Å². The molecule has 7 nitrogen and oxygen atoms in total. The van der Waals surface area contributed by atoms with Crippen molar-refractivity contribution in [2.45, 2.75) is 35.0 Å². The Morgan fingerprint density at radius 2 is 1.66 bits per heavy atom. The average molecular weight is 555 g/mol. The fourth-order valence-electron chi connectivity index (χ4n) is 4.64. The highest BCUT2D eigenvalue weighted by atomic mass is 32.2. The fourth-order valence-corrected chi connectivity index (χ4v) is 6.47. The van der Waals surface area contributed by atoms with Gasteiger partial charge in [-0.2, -0.15) is 0 Å². The van der Waals surface area contributed by atoms with Crippen molar-refractivity contribution in [3.8, 4) is 5.75 Å². The minimum absolute atomic E-state index is 0.127. The molecule has 0 aromatic heterocycles. The van der Waals surface area contributed by atoms with Crippen molar-refractivity contribution in [1.29, 1.82) is 0 Å². The molecule has 0 unspecified atom stereocenters. The molecule has 3 aromatic rings. The van der Waals surface area contributed by atoms with E-state index < -0.39 is 10.0 Å². The van der Waals surface area contributed by atoms with Crippen molar-refractivity contribution >= 4 is 33.4 Å². The largest absolute Gasteiger partial charge is 0.494 e. The van der Waals surface area contributed by atoms with Crippen LogP contribution in [0.1, 0.15) is 25.3 Å². The molecule has 0 radical (unpaired) electrons. The molecule has 0 aliphatic carbocycles. The van der Waals surface area contributed by atoms with Crippen molar-refractivity contribution in [1.82, 2.24) is 5.32 Å². The van der Waals surface area contributed by atoms with Crippen LogP contribution in [0.15, 0.2) is 88.7 Å². The van der Waals surface area contributed by atoms with Crippen molar-refractivity contribution in [3.63, 3.8) is 0 Å². The summed E-state index contributed by atoms with van der Waals surface area (Å²) in [6.07, 6.45) is 3.49. The summed E-state index contributed by atoms with van der Waals surface area (Å²) in [7, 11) is -4.01. The molecular weight excluding hydrogens is 520 g/mol. The lowest BCUT2D eigenvalue weighted by Crippen LogP contribution is -2.48. The van der Waals surface area contributed by atoms with Gasteiger partial charge >= 0.3 is 0 Å². The normalized spacial score (nSPS) is 15.0. The Morgan fingerprint density at radius 3 is 2.26 bits per heavy atom. The number of amides is 1. The number of ether oxygens (including phenoxy) is 2. The zero-order valence-electron chi connectivity index (χ0n) is 21.8. The first-order valence-electron chi connectivity index (χ1n) is 12.7. The number of nitrogens with one attached hydrogen (secondary N) is 1. The second-order valence-corrected chi connectivity index (χ2v) is 11.9. The standard InChI is InChI=1S/C29H34N2O5S2/c1-3-36-25-11-9-24(10-12-25)31(38(33,34)27-15-13-26(37-2)14-16-27)21-28(32)30-22-29(17-19-35-20-18-29)23-7-5-4-6-8-23/h4-16H,3,17-22H2,1-2H3,(H,30,32). The lowest BCUT2D eigenvalue weighted by Gasteiger charge is -2.38. The number of anilines is 1. The second-order valence-electron chi connectivity index (χ2n) is 9.15. The van der Waals surface area contributed by atoms with Gasteiger partial charge in [-0.1, -0.05) is 30.3 Å². The van der Waals surface area contributed by atoms with Crippen LogP contribution in [-0.4, -0.2) is 53.5 Å². The van der Waals surface area contributed by atoms with E-state index in [1.54, 1.807) is 48.5 Å². The molecule has 1 fully saturated rings. The van der Waals surface area contributed by atoms with E-state index in [2.05, 4.69) is 17.4 Å². The van der Waals surface area contributed by atoms with Gasteiger partial charge in [0.05, 0.1) is 17.2 Å². The fraction of sp³-hybridized carbons (Fsp3) is 0.345. The Morgan fingerprint density at radius 1 is 1.00 bits per heavy atom. The summed E-state index contributed by atoms with van der Waals surface area (Å²) in [6.45, 7) is 3.67. The van der Waals surface area contributed by atoms with E-state index in [1.807, 2.05) is 31.4 Å². The summed E-state index contributed by atoms with van der Waals surface area (Å²) in [6, 6.07) is 23.6. The number of carbonyl (C=O) groups excluding carboxylic acids is 1. The van der Waals surface area contributed by atoms with Crippen molar-refractivity contribution in [2.75, 3.05) is 43.5 Å². The van der Waals surface area contributed by atoms with Crippen LogP contribution in [0, 0.1) is 0 Å². The Hall–Kier alpha value is -3.01. The molecule has 1 N–H and O–H groups in total. The third-order valence-electron chi connectivity index (χ3n) is 6.83. The van der Waals surface area contributed by atoms with Gasteiger partial charge in [0.2, 0.25) is 5.91 Å². The van der Waals surface area contributed by atoms with Crippen LogP contribution in [0.4, 0.5) is 5.69 Å². The molecule has 1 heterocycles. The number of benzene rings is 3. The molecule has 0 spiro atoms. The smallest absolute Gasteiger partial charge is 0.264 e. The van der Waals surface area contributed by atoms with Crippen LogP contribution in [0.5, 0.6) is 5.75 Å². The Kier molecular flexibility index (Phi) is 9.35. The van der Waals surface area contributed by atoms with E-state index in [0.29, 0.717) is 37.8 Å². The molecule has 1 aliphatic heterocycles. The van der Waals surface area contributed by atoms with Gasteiger partial charge in [-0.25, -0.2) is 8.42 Å². The first kappa shape index (κ1) is 28.0. The van der Waals surface area contributed by atoms with E-state index in [0.717, 1.165) is 27.6 Å². The van der Waals surface area contributed by atoms with Crippen LogP contribution >= 0.6 is 11.8 Å². The van der Waals surface area contributed by atoms with Crippen molar-refractivity contribution < 1.29 is 22.7 Å². The summed E-state index contributed by atoms with van der Waals surface area (Å²) < 4.78 is 39.8. The summed E-state index contributed by atoms with van der Waals surface area (Å²) in [5.41, 5.74) is 1.28. The van der Waals surface area contributed by atoms with Crippen LogP contribution in [0.2, 0.25) is 0 Å². The molecule has 4 rings (SSSR count). The summed E-state index contributed by atoms with van der Waals surface area (Å²) in [5.74, 6) is 0.261. The molecule has 0 saturated carbocycles. The van der Waals surface area contributed by atoms with Gasteiger partial charge in [-0.3, -0.25) is 9.10 Å². The van der Waals surface area contributed by atoms with E-state index >= 15 is 0 Å². The predicted molar refractivity (Wildman–Crippen MR) is 152 cm³/mol. The van der Waals surface area contributed by atoms with E-state index in [1.165, 1.54) is 11.8 Å². The molecule has 9 heteroatoms. The molecule has 0 atom stereocenters. The molecule has 202 valence electrons. The van der Waals surface area contributed by atoms with Crippen LogP contribution in [-0.2, 0) is 25.0 Å². The van der Waals surface area contributed by atoms with Gasteiger partial charge in [0.25, 0.3) is 10.0 Å². The van der Waals surface area contributed by atoms with Crippen molar-refractivity contribution in [3.05, 3.63) is 84.4 Å². The predicted octanol–water partition coefficient (Wildman–Crippen LogP) is 4.87. The molecule has 3 aromatic carbocycles. The molecule has 38 heavy (non-hydrogen) atoms. The number of hydrogen-bond acceptors (Lipinski definition) is 6. The highest BCUT2D eigenvalue weighted by molar-refractivity contribution is 7.98. The summed E-state index contributed by atoms with van der Waals surface area (Å²) in [5, 5.41) is 3.04. The SMILES string of the molecule is CCOc1ccc(N(CC(=O)NCC2(c3ccccc3)CCOCC2)S(=O)(=O)c2ccc(SC)cc2)cc1. The average Bonchev–Trinajstić information content (AvgIpc) is 2.96.